The van der Waals surface area contributed by atoms with Crippen LogP contribution in [0.25, 0.3) is 22.6 Å². The van der Waals surface area contributed by atoms with Gasteiger partial charge in [-0.15, -0.1) is 0 Å². The number of imidazole rings is 1. The maximum absolute atomic E-state index is 13.2. The molecule has 0 atom stereocenters. The summed E-state index contributed by atoms with van der Waals surface area (Å²) < 4.78 is 53.1. The van der Waals surface area contributed by atoms with Crippen LogP contribution in [0.1, 0.15) is 52.0 Å². The Kier molecular flexibility index (Phi) is 6.93. The molecule has 0 saturated heterocycles. The second kappa shape index (κ2) is 10.4. The van der Waals surface area contributed by atoms with E-state index in [9.17, 15) is 22.3 Å². The number of hydrogen-bond donors (Lipinski definition) is 3. The van der Waals surface area contributed by atoms with E-state index >= 15 is 0 Å². The van der Waals surface area contributed by atoms with E-state index in [0.29, 0.717) is 59.8 Å². The fraction of sp³-hybridized carbons (Fsp3) is 0.423. The Balaban J connectivity index is 1.26. The first-order chi connectivity index (χ1) is 19.6. The highest BCUT2D eigenvalue weighted by atomic mass is 32.2. The summed E-state index contributed by atoms with van der Waals surface area (Å²) in [4.78, 5) is 17.4. The van der Waals surface area contributed by atoms with Gasteiger partial charge in [-0.3, -0.25) is 4.57 Å². The maximum atomic E-state index is 13.2. The third-order valence-corrected chi connectivity index (χ3v) is 9.40. The number of aromatic nitrogens is 7. The van der Waals surface area contributed by atoms with Gasteiger partial charge >= 0.3 is 6.55 Å². The van der Waals surface area contributed by atoms with E-state index in [-0.39, 0.29) is 11.9 Å². The molecule has 2 saturated carbocycles. The Hall–Kier alpha value is -3.98. The molecule has 0 bridgehead atoms. The highest BCUT2D eigenvalue weighted by molar-refractivity contribution is 7.90. The van der Waals surface area contributed by atoms with Crippen LogP contribution in [0.5, 0.6) is 0 Å². The molecule has 6 rings (SSSR count). The van der Waals surface area contributed by atoms with Gasteiger partial charge in [0.1, 0.15) is 11.6 Å². The second-order valence-electron chi connectivity index (χ2n) is 10.8. The number of nitrogens with zero attached hydrogens (tertiary/aromatic N) is 7. The number of rotatable bonds is 9. The molecule has 4 aromatic rings. The third-order valence-electron chi connectivity index (χ3n) is 7.37. The highest BCUT2D eigenvalue weighted by Gasteiger charge is 2.37. The van der Waals surface area contributed by atoms with Crippen LogP contribution in [-0.2, 0) is 10.0 Å². The van der Waals surface area contributed by atoms with E-state index in [1.54, 1.807) is 18.3 Å². The summed E-state index contributed by atoms with van der Waals surface area (Å²) in [5.41, 5.74) is 1.29. The molecule has 0 aliphatic heterocycles. The molecule has 3 N–H and O–H groups in total. The van der Waals surface area contributed by atoms with Crippen LogP contribution >= 0.6 is 0 Å². The van der Waals surface area contributed by atoms with Crippen LogP contribution in [-0.4, -0.2) is 64.1 Å². The molecule has 12 nitrogen and oxygen atoms in total. The molecule has 4 aromatic heterocycles. The Labute approximate surface area is 234 Å². The summed E-state index contributed by atoms with van der Waals surface area (Å²) in [7, 11) is -3.51. The van der Waals surface area contributed by atoms with Crippen molar-refractivity contribution in [3.8, 4) is 22.6 Å². The molecule has 0 unspecified atom stereocenters. The molecule has 15 heteroatoms. The lowest BCUT2D eigenvalue weighted by molar-refractivity contribution is 0.0196. The summed E-state index contributed by atoms with van der Waals surface area (Å²) in [5, 5.41) is 20.6. The Morgan fingerprint density at radius 1 is 1.07 bits per heavy atom. The van der Waals surface area contributed by atoms with Crippen molar-refractivity contribution in [3.63, 3.8) is 0 Å². The zero-order valence-electron chi connectivity index (χ0n) is 22.2. The number of pyridine rings is 1. The van der Waals surface area contributed by atoms with Crippen molar-refractivity contribution in [1.82, 2.24) is 33.7 Å². The third kappa shape index (κ3) is 5.91. The molecule has 2 aliphatic carbocycles. The molecule has 2 fully saturated rings. The fourth-order valence-corrected chi connectivity index (χ4v) is 6.29. The van der Waals surface area contributed by atoms with Gasteiger partial charge in [0.15, 0.2) is 5.82 Å². The molecule has 216 valence electrons. The predicted octanol–water partition coefficient (Wildman–Crippen LogP) is 4.18. The van der Waals surface area contributed by atoms with Crippen molar-refractivity contribution in [2.45, 2.75) is 68.9 Å². The lowest BCUT2D eigenvalue weighted by atomic mass is 9.83. The average Bonchev–Trinajstić information content (AvgIpc) is 3.48. The van der Waals surface area contributed by atoms with Gasteiger partial charge in [0.25, 0.3) is 10.0 Å². The lowest BCUT2D eigenvalue weighted by Gasteiger charge is -2.34. The molecule has 0 amide bonds. The molecule has 0 radical (unpaired) electrons. The van der Waals surface area contributed by atoms with Crippen LogP contribution in [0.2, 0.25) is 0 Å². The van der Waals surface area contributed by atoms with E-state index in [1.807, 2.05) is 6.92 Å². The normalized spacial score (nSPS) is 21.2. The van der Waals surface area contributed by atoms with E-state index in [1.165, 1.54) is 24.8 Å². The fourth-order valence-electron chi connectivity index (χ4n) is 4.81. The SMILES string of the molecule is CC1(O)CCC(Nc2cc(Nc3ccnc(-c4cnn(S(=O)(=O)C5CC5)c4)n3)ncc2-c2cn(C(F)F)cn2)CC1. The lowest BCUT2D eigenvalue weighted by Crippen LogP contribution is -2.35. The summed E-state index contributed by atoms with van der Waals surface area (Å²) in [6.07, 6.45) is 12.3. The molecular weight excluding hydrogens is 556 g/mol. The molecule has 0 spiro atoms. The molecule has 0 aromatic carbocycles. The van der Waals surface area contributed by atoms with Crippen molar-refractivity contribution in [2.75, 3.05) is 10.6 Å². The number of nitrogens with one attached hydrogen (secondary N) is 2. The van der Waals surface area contributed by atoms with Crippen molar-refractivity contribution in [1.29, 1.82) is 0 Å². The van der Waals surface area contributed by atoms with Gasteiger partial charge in [-0.05, 0) is 51.5 Å². The van der Waals surface area contributed by atoms with Crippen LogP contribution in [0.3, 0.4) is 0 Å². The van der Waals surface area contributed by atoms with Gasteiger partial charge in [-0.25, -0.2) is 28.4 Å². The molecule has 41 heavy (non-hydrogen) atoms. The van der Waals surface area contributed by atoms with E-state index in [2.05, 4.69) is 35.7 Å². The van der Waals surface area contributed by atoms with Crippen LogP contribution in [0.4, 0.5) is 26.1 Å². The first-order valence-corrected chi connectivity index (χ1v) is 14.8. The standard InChI is InChI=1S/C26H29F2N9O3S/c1-26(38)7-4-17(5-8-26)33-20-10-23(30-12-19(20)21-14-36(15-31-21)25(27)28)34-22-6-9-29-24(35-22)16-11-32-37(13-16)41(39,40)18-2-3-18/h6,9-15,17-18,25,38H,2-5,7-8H2,1H3,(H2,29,30,33,34,35). The molecule has 2 aliphatic rings. The van der Waals surface area contributed by atoms with Crippen molar-refractivity contribution < 1.29 is 22.3 Å². The maximum Gasteiger partial charge on any atom is 0.319 e. The summed E-state index contributed by atoms with van der Waals surface area (Å²) >= 11 is 0. The predicted molar refractivity (Wildman–Crippen MR) is 147 cm³/mol. The number of halogens is 2. The van der Waals surface area contributed by atoms with Gasteiger partial charge in [-0.2, -0.15) is 18.0 Å². The van der Waals surface area contributed by atoms with Gasteiger partial charge < -0.3 is 15.7 Å². The number of hydrogen-bond acceptors (Lipinski definition) is 10. The van der Waals surface area contributed by atoms with Gasteiger partial charge in [0, 0.05) is 41.9 Å². The van der Waals surface area contributed by atoms with E-state index in [4.69, 9.17) is 0 Å². The Bertz CT molecular complexity index is 1660. The number of alkyl halides is 2. The van der Waals surface area contributed by atoms with Crippen LogP contribution < -0.4 is 10.6 Å². The van der Waals surface area contributed by atoms with Crippen molar-refractivity contribution in [3.05, 3.63) is 49.4 Å². The number of aliphatic hydroxyl groups is 1. The van der Waals surface area contributed by atoms with Crippen LogP contribution in [0.15, 0.2) is 49.4 Å². The quantitative estimate of drug-likeness (QED) is 0.261. The van der Waals surface area contributed by atoms with Crippen LogP contribution in [0, 0.1) is 0 Å². The Morgan fingerprint density at radius 2 is 1.85 bits per heavy atom. The smallest absolute Gasteiger partial charge is 0.319 e. The first kappa shape index (κ1) is 27.2. The largest absolute Gasteiger partial charge is 0.390 e. The van der Waals surface area contributed by atoms with E-state index < -0.39 is 27.4 Å². The zero-order valence-corrected chi connectivity index (χ0v) is 23.0. The van der Waals surface area contributed by atoms with Gasteiger partial charge in [-0.1, -0.05) is 0 Å². The minimum Gasteiger partial charge on any atom is -0.390 e. The number of anilines is 3. The summed E-state index contributed by atoms with van der Waals surface area (Å²) in [6.45, 7) is -0.886. The summed E-state index contributed by atoms with van der Waals surface area (Å²) in [6, 6.07) is 3.46. The minimum absolute atomic E-state index is 0.0653. The first-order valence-electron chi connectivity index (χ1n) is 13.3. The zero-order chi connectivity index (χ0) is 28.8. The topological polar surface area (TPSA) is 153 Å². The van der Waals surface area contributed by atoms with Gasteiger partial charge in [0.2, 0.25) is 0 Å². The average molecular weight is 586 g/mol. The molecular formula is C26H29F2N9O3S. The second-order valence-corrected chi connectivity index (χ2v) is 12.8. The molecule has 4 heterocycles. The van der Waals surface area contributed by atoms with Crippen molar-refractivity contribution in [2.24, 2.45) is 0 Å². The van der Waals surface area contributed by atoms with Crippen molar-refractivity contribution >= 4 is 27.3 Å². The monoisotopic (exact) mass is 585 g/mol. The summed E-state index contributed by atoms with van der Waals surface area (Å²) in [5.74, 6) is 1.13. The van der Waals surface area contributed by atoms with Gasteiger partial charge in [0.05, 0.1) is 40.8 Å². The Morgan fingerprint density at radius 3 is 2.56 bits per heavy atom. The highest BCUT2D eigenvalue weighted by Crippen LogP contribution is 2.35. The van der Waals surface area contributed by atoms with E-state index in [0.717, 1.165) is 27.8 Å². The minimum atomic E-state index is -3.51.